The molecule has 1 fully saturated rings. The minimum atomic E-state index is 0.194. The number of nitrogens with one attached hydrogen (secondary N) is 1. The number of aryl methyl sites for hydroxylation is 1. The zero-order chi connectivity index (χ0) is 15.6. The second kappa shape index (κ2) is 6.32. The third-order valence-corrected chi connectivity index (χ3v) is 4.35. The highest BCUT2D eigenvalue weighted by Gasteiger charge is 2.31. The molecule has 1 saturated heterocycles. The molecule has 4 heteroatoms. The van der Waals surface area contributed by atoms with E-state index < -0.39 is 0 Å². The van der Waals surface area contributed by atoms with Crippen LogP contribution in [0.2, 0.25) is 0 Å². The van der Waals surface area contributed by atoms with Crippen molar-refractivity contribution < 1.29 is 0 Å². The molecule has 0 spiro atoms. The van der Waals surface area contributed by atoms with Crippen LogP contribution in [0.15, 0.2) is 12.1 Å². The summed E-state index contributed by atoms with van der Waals surface area (Å²) in [5, 5.41) is 3.49. The normalized spacial score (nSPS) is 19.3. The first kappa shape index (κ1) is 16.2. The van der Waals surface area contributed by atoms with Crippen LogP contribution in [0.25, 0.3) is 0 Å². The van der Waals surface area contributed by atoms with Crippen LogP contribution in [0, 0.1) is 6.92 Å². The molecule has 2 heterocycles. The van der Waals surface area contributed by atoms with Crippen molar-refractivity contribution in [1.82, 2.24) is 15.2 Å². The molecular weight excluding hydrogens is 260 g/mol. The van der Waals surface area contributed by atoms with E-state index in [4.69, 9.17) is 4.98 Å². The standard InChI is InChI=1S/C17H30N4/c1-13(2)18-11-15-9-14(3)19-16(10-15)21-8-7-20(6)17(4,5)12-21/h9-10,13,18H,7-8,11-12H2,1-6H3. The molecule has 0 radical (unpaired) electrons. The van der Waals surface area contributed by atoms with Gasteiger partial charge >= 0.3 is 0 Å². The first-order valence-corrected chi connectivity index (χ1v) is 7.95. The number of nitrogens with zero attached hydrogens (tertiary/aromatic N) is 3. The topological polar surface area (TPSA) is 31.4 Å². The minimum Gasteiger partial charge on any atom is -0.353 e. The lowest BCUT2D eigenvalue weighted by molar-refractivity contribution is 0.138. The first-order valence-electron chi connectivity index (χ1n) is 7.95. The maximum Gasteiger partial charge on any atom is 0.129 e. The van der Waals surface area contributed by atoms with Gasteiger partial charge in [0.1, 0.15) is 5.82 Å². The van der Waals surface area contributed by atoms with Gasteiger partial charge in [0.25, 0.3) is 0 Å². The van der Waals surface area contributed by atoms with E-state index >= 15 is 0 Å². The Morgan fingerprint density at radius 3 is 2.62 bits per heavy atom. The minimum absolute atomic E-state index is 0.194. The van der Waals surface area contributed by atoms with Gasteiger partial charge in [0, 0.05) is 43.5 Å². The van der Waals surface area contributed by atoms with Crippen molar-refractivity contribution in [2.45, 2.75) is 52.7 Å². The van der Waals surface area contributed by atoms with Crippen LogP contribution in [0.1, 0.15) is 39.0 Å². The molecule has 1 N–H and O–H groups in total. The molecule has 0 aliphatic carbocycles. The van der Waals surface area contributed by atoms with Crippen LogP contribution in [0.5, 0.6) is 0 Å². The molecule has 0 aromatic carbocycles. The number of hydrogen-bond acceptors (Lipinski definition) is 4. The summed E-state index contributed by atoms with van der Waals surface area (Å²) >= 11 is 0. The van der Waals surface area contributed by atoms with Gasteiger partial charge in [0.15, 0.2) is 0 Å². The van der Waals surface area contributed by atoms with Gasteiger partial charge < -0.3 is 10.2 Å². The summed E-state index contributed by atoms with van der Waals surface area (Å²) in [6, 6.07) is 4.92. The van der Waals surface area contributed by atoms with Crippen molar-refractivity contribution >= 4 is 5.82 Å². The molecule has 0 saturated carbocycles. The predicted octanol–water partition coefficient (Wildman–Crippen LogP) is 2.42. The zero-order valence-corrected chi connectivity index (χ0v) is 14.4. The van der Waals surface area contributed by atoms with Crippen molar-refractivity contribution in [3.05, 3.63) is 23.4 Å². The lowest BCUT2D eigenvalue weighted by Crippen LogP contribution is -2.57. The van der Waals surface area contributed by atoms with E-state index in [9.17, 15) is 0 Å². The molecule has 4 nitrogen and oxygen atoms in total. The predicted molar refractivity (Wildman–Crippen MR) is 89.9 cm³/mol. The van der Waals surface area contributed by atoms with E-state index in [1.165, 1.54) is 5.56 Å². The van der Waals surface area contributed by atoms with Crippen LogP contribution in [0.4, 0.5) is 5.82 Å². The fraction of sp³-hybridized carbons (Fsp3) is 0.706. The van der Waals surface area contributed by atoms with Gasteiger partial charge in [0.05, 0.1) is 0 Å². The lowest BCUT2D eigenvalue weighted by Gasteiger charge is -2.45. The molecule has 21 heavy (non-hydrogen) atoms. The number of pyridine rings is 1. The monoisotopic (exact) mass is 290 g/mol. The summed E-state index contributed by atoms with van der Waals surface area (Å²) in [5.74, 6) is 1.12. The van der Waals surface area contributed by atoms with Gasteiger partial charge in [-0.2, -0.15) is 0 Å². The Morgan fingerprint density at radius 2 is 2.00 bits per heavy atom. The van der Waals surface area contributed by atoms with Crippen molar-refractivity contribution in [3.8, 4) is 0 Å². The summed E-state index contributed by atoms with van der Waals surface area (Å²) in [6.07, 6.45) is 0. The summed E-state index contributed by atoms with van der Waals surface area (Å²) < 4.78 is 0. The van der Waals surface area contributed by atoms with Crippen molar-refractivity contribution in [2.75, 3.05) is 31.6 Å². The Kier molecular flexibility index (Phi) is 4.89. The Labute approximate surface area is 129 Å². The van der Waals surface area contributed by atoms with E-state index in [0.717, 1.165) is 37.7 Å². The largest absolute Gasteiger partial charge is 0.353 e. The maximum absolute atomic E-state index is 4.75. The van der Waals surface area contributed by atoms with Crippen LogP contribution in [0.3, 0.4) is 0 Å². The second-order valence-corrected chi connectivity index (χ2v) is 7.17. The lowest BCUT2D eigenvalue weighted by atomic mass is 9.99. The molecule has 1 aliphatic heterocycles. The molecule has 0 bridgehead atoms. The second-order valence-electron chi connectivity index (χ2n) is 7.17. The fourth-order valence-corrected chi connectivity index (χ4v) is 2.74. The van der Waals surface area contributed by atoms with E-state index in [0.29, 0.717) is 6.04 Å². The van der Waals surface area contributed by atoms with E-state index in [2.05, 4.69) is 68.9 Å². The number of anilines is 1. The molecule has 118 valence electrons. The van der Waals surface area contributed by atoms with E-state index in [-0.39, 0.29) is 5.54 Å². The molecule has 0 unspecified atom stereocenters. The average Bonchev–Trinajstić information content (AvgIpc) is 2.39. The summed E-state index contributed by atoms with van der Waals surface area (Å²) in [6.45, 7) is 15.1. The van der Waals surface area contributed by atoms with Gasteiger partial charge in [-0.15, -0.1) is 0 Å². The van der Waals surface area contributed by atoms with Crippen LogP contribution in [-0.4, -0.2) is 48.1 Å². The Morgan fingerprint density at radius 1 is 1.29 bits per heavy atom. The first-order chi connectivity index (χ1) is 9.78. The quantitative estimate of drug-likeness (QED) is 0.923. The van der Waals surface area contributed by atoms with Gasteiger partial charge in [-0.3, -0.25) is 4.90 Å². The molecule has 1 aromatic heterocycles. The fourth-order valence-electron chi connectivity index (χ4n) is 2.74. The number of hydrogen-bond donors (Lipinski definition) is 1. The Balaban J connectivity index is 2.16. The Hall–Kier alpha value is -1.13. The molecular formula is C17H30N4. The summed E-state index contributed by atoms with van der Waals surface area (Å²) in [7, 11) is 2.21. The van der Waals surface area contributed by atoms with Gasteiger partial charge in [-0.1, -0.05) is 13.8 Å². The third-order valence-electron chi connectivity index (χ3n) is 4.35. The Bertz CT molecular complexity index is 482. The highest BCUT2D eigenvalue weighted by Crippen LogP contribution is 2.24. The van der Waals surface area contributed by atoms with Crippen LogP contribution >= 0.6 is 0 Å². The molecule has 0 atom stereocenters. The zero-order valence-electron chi connectivity index (χ0n) is 14.4. The third kappa shape index (κ3) is 4.17. The maximum atomic E-state index is 4.75. The van der Waals surface area contributed by atoms with E-state index in [1.807, 2.05) is 0 Å². The summed E-state index contributed by atoms with van der Waals surface area (Å²) in [4.78, 5) is 9.61. The van der Waals surface area contributed by atoms with Gasteiger partial charge in [-0.05, 0) is 45.5 Å². The van der Waals surface area contributed by atoms with Crippen LogP contribution < -0.4 is 10.2 Å². The molecule has 0 amide bonds. The van der Waals surface area contributed by atoms with Crippen molar-refractivity contribution in [2.24, 2.45) is 0 Å². The van der Waals surface area contributed by atoms with Crippen LogP contribution in [-0.2, 0) is 6.54 Å². The number of aromatic nitrogens is 1. The molecule has 1 aromatic rings. The van der Waals surface area contributed by atoms with Gasteiger partial charge in [0.2, 0.25) is 0 Å². The summed E-state index contributed by atoms with van der Waals surface area (Å²) in [5.41, 5.74) is 2.62. The number of piperazine rings is 1. The van der Waals surface area contributed by atoms with E-state index in [1.54, 1.807) is 0 Å². The van der Waals surface area contributed by atoms with Crippen molar-refractivity contribution in [3.63, 3.8) is 0 Å². The van der Waals surface area contributed by atoms with Crippen molar-refractivity contribution in [1.29, 1.82) is 0 Å². The highest BCUT2D eigenvalue weighted by atomic mass is 15.3. The average molecular weight is 290 g/mol. The molecule has 1 aliphatic rings. The SMILES string of the molecule is Cc1cc(CNC(C)C)cc(N2CCN(C)C(C)(C)C2)n1. The smallest absolute Gasteiger partial charge is 0.129 e. The highest BCUT2D eigenvalue weighted by molar-refractivity contribution is 5.44. The van der Waals surface area contributed by atoms with Gasteiger partial charge in [-0.25, -0.2) is 4.98 Å². The number of likely N-dealkylation sites (N-methyl/N-ethyl adjacent to an activating group) is 1. The number of rotatable bonds is 4. The molecule has 2 rings (SSSR count).